The van der Waals surface area contributed by atoms with E-state index in [9.17, 15) is 13.6 Å². The highest BCUT2D eigenvalue weighted by molar-refractivity contribution is 5.79. The molecule has 0 bridgehead atoms. The first-order valence-corrected chi connectivity index (χ1v) is 6.08. The van der Waals surface area contributed by atoms with Crippen molar-refractivity contribution < 1.29 is 13.6 Å². The van der Waals surface area contributed by atoms with Gasteiger partial charge in [0.05, 0.1) is 12.6 Å². The zero-order chi connectivity index (χ0) is 12.5. The first kappa shape index (κ1) is 12.3. The summed E-state index contributed by atoms with van der Waals surface area (Å²) in [7, 11) is 0. The minimum Gasteiger partial charge on any atom is -0.336 e. The van der Waals surface area contributed by atoms with Crippen LogP contribution in [0, 0.1) is 23.2 Å². The molecule has 1 saturated heterocycles. The van der Waals surface area contributed by atoms with E-state index < -0.39 is 12.5 Å². The third-order valence-electron chi connectivity index (χ3n) is 3.69. The molecule has 0 unspecified atom stereocenters. The van der Waals surface area contributed by atoms with Crippen molar-refractivity contribution in [2.24, 2.45) is 11.8 Å². The van der Waals surface area contributed by atoms with Crippen LogP contribution in [0.25, 0.3) is 0 Å². The van der Waals surface area contributed by atoms with E-state index in [1.807, 2.05) is 0 Å². The van der Waals surface area contributed by atoms with Crippen LogP contribution in [0.2, 0.25) is 0 Å². The zero-order valence-corrected chi connectivity index (χ0v) is 9.66. The molecule has 17 heavy (non-hydrogen) atoms. The highest BCUT2D eigenvalue weighted by atomic mass is 19.3. The van der Waals surface area contributed by atoms with Gasteiger partial charge in [-0.05, 0) is 19.3 Å². The van der Waals surface area contributed by atoms with E-state index in [0.717, 1.165) is 19.3 Å². The minimum absolute atomic E-state index is 0.0826. The van der Waals surface area contributed by atoms with Gasteiger partial charge in [0, 0.05) is 24.8 Å². The summed E-state index contributed by atoms with van der Waals surface area (Å²) in [6.45, 7) is -0.293. The molecule has 2 atom stereocenters. The Morgan fingerprint density at radius 1 is 1.41 bits per heavy atom. The van der Waals surface area contributed by atoms with Crippen molar-refractivity contribution in [1.29, 1.82) is 5.26 Å². The number of alkyl halides is 2. The van der Waals surface area contributed by atoms with Gasteiger partial charge in [0.15, 0.2) is 0 Å². The fourth-order valence-corrected chi connectivity index (χ4v) is 2.71. The van der Waals surface area contributed by atoms with E-state index in [1.165, 1.54) is 4.90 Å². The molecule has 1 aliphatic heterocycles. The zero-order valence-electron chi connectivity index (χ0n) is 9.66. The van der Waals surface area contributed by atoms with E-state index in [1.54, 1.807) is 0 Å². The molecular formula is C12H16F2N2O. The molecule has 2 aliphatic rings. The lowest BCUT2D eigenvalue weighted by Gasteiger charge is -2.28. The SMILES string of the molecule is N#C[C@H]1CCC[C@@H](C(=O)N2CCC(F)(F)C2)C1. The number of hydrogen-bond donors (Lipinski definition) is 0. The van der Waals surface area contributed by atoms with Crippen molar-refractivity contribution in [3.8, 4) is 6.07 Å². The fraction of sp³-hybridized carbons (Fsp3) is 0.833. The number of halogens is 2. The van der Waals surface area contributed by atoms with Crippen LogP contribution in [0.3, 0.4) is 0 Å². The van der Waals surface area contributed by atoms with Gasteiger partial charge in [-0.15, -0.1) is 0 Å². The Labute approximate surface area is 99.4 Å². The summed E-state index contributed by atoms with van der Waals surface area (Å²) in [6.07, 6.45) is 2.72. The number of nitriles is 1. The topological polar surface area (TPSA) is 44.1 Å². The van der Waals surface area contributed by atoms with Gasteiger partial charge >= 0.3 is 0 Å². The van der Waals surface area contributed by atoms with Crippen LogP contribution in [0.5, 0.6) is 0 Å². The standard InChI is InChI=1S/C12H16F2N2O/c13-12(14)4-5-16(8-12)11(17)10-3-1-2-9(6-10)7-15/h9-10H,1-6,8H2/t9-,10+/m0/s1. The summed E-state index contributed by atoms with van der Waals surface area (Å²) in [5.41, 5.74) is 0. The van der Waals surface area contributed by atoms with Crippen LogP contribution in [0.15, 0.2) is 0 Å². The molecule has 2 rings (SSSR count). The number of nitrogens with zero attached hydrogens (tertiary/aromatic N) is 2. The number of rotatable bonds is 1. The molecule has 0 radical (unpaired) electrons. The van der Waals surface area contributed by atoms with Crippen molar-refractivity contribution in [3.05, 3.63) is 0 Å². The second kappa shape index (κ2) is 4.59. The lowest BCUT2D eigenvalue weighted by molar-refractivity contribution is -0.137. The number of hydrogen-bond acceptors (Lipinski definition) is 2. The summed E-state index contributed by atoms with van der Waals surface area (Å²) in [4.78, 5) is 13.3. The van der Waals surface area contributed by atoms with Crippen LogP contribution >= 0.6 is 0 Å². The van der Waals surface area contributed by atoms with E-state index in [0.29, 0.717) is 6.42 Å². The average molecular weight is 242 g/mol. The average Bonchev–Trinajstić information content (AvgIpc) is 2.69. The van der Waals surface area contributed by atoms with E-state index >= 15 is 0 Å². The second-order valence-corrected chi connectivity index (χ2v) is 5.06. The van der Waals surface area contributed by atoms with Crippen molar-refractivity contribution in [2.45, 2.75) is 38.0 Å². The smallest absolute Gasteiger partial charge is 0.267 e. The predicted octanol–water partition coefficient (Wildman–Crippen LogP) is 2.18. The fourth-order valence-electron chi connectivity index (χ4n) is 2.71. The van der Waals surface area contributed by atoms with Crippen LogP contribution < -0.4 is 0 Å². The van der Waals surface area contributed by atoms with Gasteiger partial charge in [0.2, 0.25) is 5.91 Å². The molecule has 0 spiro atoms. The summed E-state index contributed by atoms with van der Waals surface area (Å²) in [5, 5.41) is 8.84. The summed E-state index contributed by atoms with van der Waals surface area (Å²) in [6, 6.07) is 2.18. The highest BCUT2D eigenvalue weighted by Crippen LogP contribution is 2.33. The van der Waals surface area contributed by atoms with Crippen molar-refractivity contribution in [2.75, 3.05) is 13.1 Å². The summed E-state index contributed by atoms with van der Waals surface area (Å²) >= 11 is 0. The molecule has 5 heteroatoms. The molecule has 2 fully saturated rings. The van der Waals surface area contributed by atoms with Gasteiger partial charge in [0.1, 0.15) is 0 Å². The Morgan fingerprint density at radius 2 is 2.18 bits per heavy atom. The lowest BCUT2D eigenvalue weighted by atomic mass is 9.81. The molecule has 0 aromatic rings. The summed E-state index contributed by atoms with van der Waals surface area (Å²) in [5.74, 6) is -3.20. The van der Waals surface area contributed by atoms with Crippen molar-refractivity contribution in [1.82, 2.24) is 4.90 Å². The van der Waals surface area contributed by atoms with Gasteiger partial charge in [-0.25, -0.2) is 8.78 Å². The first-order valence-electron chi connectivity index (χ1n) is 6.08. The maximum atomic E-state index is 13.0. The van der Waals surface area contributed by atoms with Gasteiger partial charge < -0.3 is 4.90 Å². The van der Waals surface area contributed by atoms with Crippen LogP contribution in [0.1, 0.15) is 32.1 Å². The maximum Gasteiger partial charge on any atom is 0.267 e. The normalized spacial score (nSPS) is 32.2. The molecule has 1 heterocycles. The Bertz CT molecular complexity index is 351. The maximum absolute atomic E-state index is 13.0. The molecule has 0 aromatic heterocycles. The Kier molecular flexibility index (Phi) is 3.32. The lowest BCUT2D eigenvalue weighted by Crippen LogP contribution is -2.37. The van der Waals surface area contributed by atoms with Gasteiger partial charge in [-0.1, -0.05) is 6.42 Å². The Balaban J connectivity index is 1.94. The van der Waals surface area contributed by atoms with E-state index in [-0.39, 0.29) is 30.7 Å². The molecule has 1 aliphatic carbocycles. The quantitative estimate of drug-likeness (QED) is 0.707. The molecule has 3 nitrogen and oxygen atoms in total. The molecule has 94 valence electrons. The van der Waals surface area contributed by atoms with Crippen molar-refractivity contribution >= 4 is 5.91 Å². The largest absolute Gasteiger partial charge is 0.336 e. The third kappa shape index (κ3) is 2.74. The van der Waals surface area contributed by atoms with E-state index in [4.69, 9.17) is 5.26 Å². The number of likely N-dealkylation sites (tertiary alicyclic amines) is 1. The number of carbonyl (C=O) groups is 1. The van der Waals surface area contributed by atoms with Crippen LogP contribution in [-0.2, 0) is 4.79 Å². The number of amides is 1. The molecule has 0 aromatic carbocycles. The highest BCUT2D eigenvalue weighted by Gasteiger charge is 2.42. The Hall–Kier alpha value is -1.18. The second-order valence-electron chi connectivity index (χ2n) is 5.06. The van der Waals surface area contributed by atoms with Crippen molar-refractivity contribution in [3.63, 3.8) is 0 Å². The van der Waals surface area contributed by atoms with E-state index in [2.05, 4.69) is 6.07 Å². The predicted molar refractivity (Wildman–Crippen MR) is 57.2 cm³/mol. The number of carbonyl (C=O) groups excluding carboxylic acids is 1. The monoisotopic (exact) mass is 242 g/mol. The Morgan fingerprint density at radius 3 is 2.76 bits per heavy atom. The van der Waals surface area contributed by atoms with Crippen LogP contribution in [0.4, 0.5) is 8.78 Å². The van der Waals surface area contributed by atoms with Gasteiger partial charge in [-0.2, -0.15) is 5.26 Å². The molecular weight excluding hydrogens is 226 g/mol. The van der Waals surface area contributed by atoms with Crippen LogP contribution in [-0.4, -0.2) is 29.8 Å². The molecule has 1 saturated carbocycles. The van der Waals surface area contributed by atoms with Gasteiger partial charge in [0.25, 0.3) is 5.92 Å². The van der Waals surface area contributed by atoms with Gasteiger partial charge in [-0.3, -0.25) is 4.79 Å². The third-order valence-corrected chi connectivity index (χ3v) is 3.69. The molecule has 1 amide bonds. The first-order chi connectivity index (χ1) is 8.02. The summed E-state index contributed by atoms with van der Waals surface area (Å²) < 4.78 is 26.0. The minimum atomic E-state index is -2.72. The molecule has 0 N–H and O–H groups in total.